The molecule has 10 heteroatoms. The third kappa shape index (κ3) is 3.86. The monoisotopic (exact) mass is 476 g/mol. The predicted molar refractivity (Wildman–Crippen MR) is 128 cm³/mol. The number of pyridine rings is 1. The number of hydrogen-bond donors (Lipinski definition) is 3. The number of methoxy groups -OCH3 is 1. The summed E-state index contributed by atoms with van der Waals surface area (Å²) >= 11 is 0. The molecule has 3 heterocycles. The lowest BCUT2D eigenvalue weighted by atomic mass is 9.94. The SMILES string of the molecule is CCc1c(F)ccc2cc(O)cc(-c3ncc4c(NCc5n[nH]cc5C)nc(OC)nc4c3F)c12. The van der Waals surface area contributed by atoms with E-state index in [1.807, 2.05) is 13.8 Å². The van der Waals surface area contributed by atoms with Crippen LogP contribution in [0.5, 0.6) is 11.8 Å². The maximum atomic E-state index is 16.0. The molecule has 0 unspecified atom stereocenters. The maximum Gasteiger partial charge on any atom is 0.318 e. The van der Waals surface area contributed by atoms with E-state index in [4.69, 9.17) is 4.74 Å². The van der Waals surface area contributed by atoms with Gasteiger partial charge < -0.3 is 15.2 Å². The number of hydrogen-bond acceptors (Lipinski definition) is 7. The van der Waals surface area contributed by atoms with Crippen LogP contribution in [0.25, 0.3) is 32.9 Å². The standard InChI is InChI=1S/C25H22F2N6O2/c1-4-15-18(26)6-5-13-7-14(34)8-16(20(13)15)22-21(27)23-17(10-28-22)24(32-25(31-23)35-3)29-11-19-12(2)9-30-33-19/h5-10,34H,4,11H2,1-3H3,(H,30,33)(H,29,31,32). The summed E-state index contributed by atoms with van der Waals surface area (Å²) in [5, 5.41) is 21.8. The molecule has 3 aromatic heterocycles. The fraction of sp³-hybridized carbons (Fsp3) is 0.200. The molecule has 35 heavy (non-hydrogen) atoms. The van der Waals surface area contributed by atoms with Crippen molar-refractivity contribution >= 4 is 27.5 Å². The summed E-state index contributed by atoms with van der Waals surface area (Å²) in [6, 6.07) is 5.76. The predicted octanol–water partition coefficient (Wildman–Crippen LogP) is 5.04. The van der Waals surface area contributed by atoms with Gasteiger partial charge in [-0.05, 0) is 53.4 Å². The largest absolute Gasteiger partial charge is 0.508 e. The van der Waals surface area contributed by atoms with Crippen molar-refractivity contribution in [3.63, 3.8) is 0 Å². The molecule has 0 bridgehead atoms. The molecule has 2 aromatic carbocycles. The lowest BCUT2D eigenvalue weighted by Crippen LogP contribution is -2.07. The Morgan fingerprint density at radius 3 is 2.71 bits per heavy atom. The van der Waals surface area contributed by atoms with E-state index < -0.39 is 11.6 Å². The van der Waals surface area contributed by atoms with E-state index in [9.17, 15) is 9.50 Å². The third-order valence-electron chi connectivity index (χ3n) is 5.97. The number of anilines is 1. The maximum absolute atomic E-state index is 16.0. The zero-order valence-corrected chi connectivity index (χ0v) is 19.3. The first-order chi connectivity index (χ1) is 16.9. The van der Waals surface area contributed by atoms with E-state index in [1.54, 1.807) is 12.3 Å². The van der Waals surface area contributed by atoms with Crippen molar-refractivity contribution in [2.45, 2.75) is 26.8 Å². The Labute approximate surface area is 199 Å². The van der Waals surface area contributed by atoms with E-state index in [-0.39, 0.29) is 28.5 Å². The number of aromatic nitrogens is 5. The van der Waals surface area contributed by atoms with Crippen molar-refractivity contribution in [3.05, 3.63) is 65.1 Å². The zero-order valence-electron chi connectivity index (χ0n) is 19.3. The van der Waals surface area contributed by atoms with Gasteiger partial charge in [-0.2, -0.15) is 15.1 Å². The first-order valence-corrected chi connectivity index (χ1v) is 11.0. The summed E-state index contributed by atoms with van der Waals surface area (Å²) in [4.78, 5) is 12.9. The molecule has 3 N–H and O–H groups in total. The van der Waals surface area contributed by atoms with Crippen molar-refractivity contribution in [1.29, 1.82) is 0 Å². The number of fused-ring (bicyclic) bond motifs is 2. The minimum absolute atomic E-state index is 0.0194. The van der Waals surface area contributed by atoms with Crippen LogP contribution in [-0.4, -0.2) is 37.4 Å². The molecule has 0 amide bonds. The third-order valence-corrected chi connectivity index (χ3v) is 5.97. The molecule has 0 fully saturated rings. The number of H-pyrrole nitrogens is 1. The van der Waals surface area contributed by atoms with E-state index in [0.29, 0.717) is 40.5 Å². The van der Waals surface area contributed by atoms with Crippen LogP contribution in [-0.2, 0) is 13.0 Å². The highest BCUT2D eigenvalue weighted by Crippen LogP contribution is 2.38. The summed E-state index contributed by atoms with van der Waals surface area (Å²) in [5.41, 5.74) is 2.35. The van der Waals surface area contributed by atoms with Gasteiger partial charge in [0.25, 0.3) is 0 Å². The van der Waals surface area contributed by atoms with Crippen LogP contribution in [0, 0.1) is 18.6 Å². The molecule has 0 aliphatic heterocycles. The minimum Gasteiger partial charge on any atom is -0.508 e. The number of aryl methyl sites for hydroxylation is 2. The quantitative estimate of drug-likeness (QED) is 0.315. The van der Waals surface area contributed by atoms with Gasteiger partial charge >= 0.3 is 6.01 Å². The topological polar surface area (TPSA) is 109 Å². The van der Waals surface area contributed by atoms with Gasteiger partial charge in [0, 0.05) is 18.0 Å². The fourth-order valence-corrected chi connectivity index (χ4v) is 4.21. The fourth-order valence-electron chi connectivity index (χ4n) is 4.21. The van der Waals surface area contributed by atoms with Gasteiger partial charge in [-0.15, -0.1) is 0 Å². The first-order valence-electron chi connectivity index (χ1n) is 11.0. The van der Waals surface area contributed by atoms with Crippen LogP contribution in [0.1, 0.15) is 23.7 Å². The lowest BCUT2D eigenvalue weighted by molar-refractivity contribution is 0.382. The van der Waals surface area contributed by atoms with E-state index in [1.165, 1.54) is 31.5 Å². The molecule has 0 saturated carbocycles. The molecule has 0 spiro atoms. The van der Waals surface area contributed by atoms with Gasteiger partial charge in [-0.25, -0.2) is 8.78 Å². The van der Waals surface area contributed by atoms with E-state index in [0.717, 1.165) is 11.3 Å². The van der Waals surface area contributed by atoms with Gasteiger partial charge in [0.1, 0.15) is 28.6 Å². The lowest BCUT2D eigenvalue weighted by Gasteiger charge is -2.15. The summed E-state index contributed by atoms with van der Waals surface area (Å²) in [7, 11) is 1.39. The number of phenols is 1. The Balaban J connectivity index is 1.71. The Morgan fingerprint density at radius 1 is 1.17 bits per heavy atom. The second-order valence-corrected chi connectivity index (χ2v) is 8.08. The molecule has 5 rings (SSSR count). The van der Waals surface area contributed by atoms with Gasteiger partial charge in [0.05, 0.1) is 24.7 Å². The molecular weight excluding hydrogens is 454 g/mol. The molecule has 8 nitrogen and oxygen atoms in total. The van der Waals surface area contributed by atoms with Crippen molar-refractivity contribution in [2.24, 2.45) is 0 Å². The normalized spacial score (nSPS) is 11.3. The number of nitrogens with zero attached hydrogens (tertiary/aromatic N) is 4. The second-order valence-electron chi connectivity index (χ2n) is 8.08. The number of aromatic amines is 1. The molecular formula is C25H22F2N6O2. The number of phenolic OH excluding ortho intramolecular Hbond substituents is 1. The Hall–Kier alpha value is -4.34. The van der Waals surface area contributed by atoms with Crippen LogP contribution in [0.3, 0.4) is 0 Å². The number of benzene rings is 2. The molecule has 0 atom stereocenters. The molecule has 0 saturated heterocycles. The van der Waals surface area contributed by atoms with Gasteiger partial charge in [0.2, 0.25) is 0 Å². The highest BCUT2D eigenvalue weighted by Gasteiger charge is 2.21. The average molecular weight is 476 g/mol. The molecule has 5 aromatic rings. The van der Waals surface area contributed by atoms with Crippen molar-refractivity contribution in [3.8, 4) is 23.0 Å². The average Bonchev–Trinajstić information content (AvgIpc) is 3.27. The van der Waals surface area contributed by atoms with Crippen LogP contribution in [0.2, 0.25) is 0 Å². The number of nitrogens with one attached hydrogen (secondary N) is 2. The van der Waals surface area contributed by atoms with Crippen molar-refractivity contribution in [1.82, 2.24) is 25.1 Å². The Morgan fingerprint density at radius 2 is 2.00 bits per heavy atom. The van der Waals surface area contributed by atoms with E-state index in [2.05, 4.69) is 30.5 Å². The highest BCUT2D eigenvalue weighted by atomic mass is 19.1. The number of halogens is 2. The van der Waals surface area contributed by atoms with Gasteiger partial charge in [-0.1, -0.05) is 13.0 Å². The number of aromatic hydroxyl groups is 1. The van der Waals surface area contributed by atoms with Crippen LogP contribution < -0.4 is 10.1 Å². The smallest absolute Gasteiger partial charge is 0.318 e. The summed E-state index contributed by atoms with van der Waals surface area (Å²) in [5.74, 6) is -0.898. The van der Waals surface area contributed by atoms with Crippen LogP contribution in [0.15, 0.2) is 36.7 Å². The first kappa shape index (κ1) is 22.5. The van der Waals surface area contributed by atoms with Crippen molar-refractivity contribution in [2.75, 3.05) is 12.4 Å². The minimum atomic E-state index is -0.736. The van der Waals surface area contributed by atoms with E-state index >= 15 is 4.39 Å². The second kappa shape index (κ2) is 8.79. The van der Waals surface area contributed by atoms with Crippen LogP contribution in [0.4, 0.5) is 14.6 Å². The summed E-state index contributed by atoms with van der Waals surface area (Å²) < 4.78 is 35.8. The van der Waals surface area contributed by atoms with Crippen LogP contribution >= 0.6 is 0 Å². The molecule has 0 aliphatic carbocycles. The highest BCUT2D eigenvalue weighted by molar-refractivity contribution is 6.01. The van der Waals surface area contributed by atoms with Gasteiger partial charge in [0.15, 0.2) is 5.82 Å². The Bertz CT molecular complexity index is 1580. The van der Waals surface area contributed by atoms with Crippen molar-refractivity contribution < 1.29 is 18.6 Å². The Kier molecular flexibility index (Phi) is 5.64. The summed E-state index contributed by atoms with van der Waals surface area (Å²) in [6.45, 7) is 4.07. The van der Waals surface area contributed by atoms with Gasteiger partial charge in [-0.3, -0.25) is 10.1 Å². The molecule has 0 radical (unpaired) electrons. The summed E-state index contributed by atoms with van der Waals surface area (Å²) in [6.07, 6.45) is 3.61. The molecule has 0 aliphatic rings. The number of rotatable bonds is 6. The zero-order chi connectivity index (χ0) is 24.7. The molecule has 178 valence electrons. The number of ether oxygens (including phenoxy) is 1.